The Hall–Kier alpha value is -2.94. The number of nitrogens with zero attached hydrogens (tertiary/aromatic N) is 2. The summed E-state index contributed by atoms with van der Waals surface area (Å²) < 4.78 is 28.2. The molecule has 0 saturated heterocycles. The molecule has 0 bridgehead atoms. The molecule has 2 heterocycles. The van der Waals surface area contributed by atoms with Gasteiger partial charge in [0.2, 0.25) is 5.78 Å². The van der Waals surface area contributed by atoms with Crippen LogP contribution in [0.2, 0.25) is 10.0 Å². The number of aromatic nitrogens is 3. The summed E-state index contributed by atoms with van der Waals surface area (Å²) in [7, 11) is -4.02. The van der Waals surface area contributed by atoms with Gasteiger partial charge >= 0.3 is 0 Å². The van der Waals surface area contributed by atoms with Crippen LogP contribution in [0.5, 0.6) is 0 Å². The van der Waals surface area contributed by atoms with Crippen molar-refractivity contribution in [3.8, 4) is 0 Å². The number of benzene rings is 2. The molecule has 0 saturated carbocycles. The van der Waals surface area contributed by atoms with Crippen LogP contribution in [-0.4, -0.2) is 29.4 Å². The molecule has 0 atom stereocenters. The molecule has 30 heavy (non-hydrogen) atoms. The van der Waals surface area contributed by atoms with Gasteiger partial charge in [0.1, 0.15) is 5.69 Å². The van der Waals surface area contributed by atoms with E-state index in [0.29, 0.717) is 27.1 Å². The predicted octanol–water partition coefficient (Wildman–Crippen LogP) is 4.60. The molecule has 2 aromatic heterocycles. The molecule has 10 heteroatoms. The maximum Gasteiger partial charge on any atom is 0.261 e. The van der Waals surface area contributed by atoms with Gasteiger partial charge in [-0.2, -0.15) is 5.10 Å². The summed E-state index contributed by atoms with van der Waals surface area (Å²) in [4.78, 5) is 17.3. The van der Waals surface area contributed by atoms with Gasteiger partial charge in [-0.05, 0) is 42.8 Å². The lowest BCUT2D eigenvalue weighted by Crippen LogP contribution is -2.17. The third-order valence-corrected chi connectivity index (χ3v) is 6.48. The summed E-state index contributed by atoms with van der Waals surface area (Å²) in [5.41, 5.74) is 1.50. The van der Waals surface area contributed by atoms with Gasteiger partial charge in [-0.1, -0.05) is 35.3 Å². The Morgan fingerprint density at radius 1 is 1.10 bits per heavy atom. The van der Waals surface area contributed by atoms with E-state index < -0.39 is 15.8 Å². The highest BCUT2D eigenvalue weighted by Crippen LogP contribution is 2.27. The van der Waals surface area contributed by atoms with E-state index in [0.717, 1.165) is 0 Å². The van der Waals surface area contributed by atoms with Crippen molar-refractivity contribution in [2.75, 3.05) is 4.72 Å². The summed E-state index contributed by atoms with van der Waals surface area (Å²) >= 11 is 12.0. The van der Waals surface area contributed by atoms with Crippen LogP contribution in [0, 0.1) is 6.92 Å². The number of carbonyl (C=O) groups excluding carboxylic acids is 1. The second kappa shape index (κ2) is 7.71. The average molecular weight is 461 g/mol. The lowest BCUT2D eigenvalue weighted by atomic mass is 10.0. The molecule has 0 aliphatic carbocycles. The second-order valence-corrected chi connectivity index (χ2v) is 9.06. The van der Waals surface area contributed by atoms with E-state index in [2.05, 4.69) is 19.9 Å². The molecule has 7 nitrogen and oxygen atoms in total. The van der Waals surface area contributed by atoms with E-state index >= 15 is 0 Å². The molecule has 4 rings (SSSR count). The zero-order chi connectivity index (χ0) is 21.5. The van der Waals surface area contributed by atoms with Gasteiger partial charge in [-0.3, -0.25) is 14.6 Å². The van der Waals surface area contributed by atoms with Crippen molar-refractivity contribution >= 4 is 55.6 Å². The molecule has 0 radical (unpaired) electrons. The topological polar surface area (TPSA) is 105 Å². The minimum Gasteiger partial charge on any atom is -0.287 e. The Bertz CT molecular complexity index is 1400. The second-order valence-electron chi connectivity index (χ2n) is 6.53. The van der Waals surface area contributed by atoms with Gasteiger partial charge in [0.05, 0.1) is 27.3 Å². The Morgan fingerprint density at radius 2 is 1.90 bits per heavy atom. The lowest BCUT2D eigenvalue weighted by Gasteiger charge is -2.13. The highest BCUT2D eigenvalue weighted by Gasteiger charge is 2.23. The number of nitrogens with one attached hydrogen (secondary N) is 2. The third-order valence-electron chi connectivity index (χ3n) is 4.48. The molecule has 152 valence electrons. The summed E-state index contributed by atoms with van der Waals surface area (Å²) in [6.07, 6.45) is 2.81. The number of carbonyl (C=O) groups is 1. The van der Waals surface area contributed by atoms with Gasteiger partial charge in [0.25, 0.3) is 10.0 Å². The smallest absolute Gasteiger partial charge is 0.261 e. The summed E-state index contributed by atoms with van der Waals surface area (Å²) in [6, 6.07) is 10.8. The number of fused-ring (bicyclic) bond motifs is 1. The van der Waals surface area contributed by atoms with Gasteiger partial charge in [0, 0.05) is 22.2 Å². The SMILES string of the molecule is Cc1cc(S(=O)(=O)Nc2cc(Cl)cnc2C(=O)c2cccc3[nH]ncc23)ccc1Cl. The van der Waals surface area contributed by atoms with Crippen LogP contribution in [0.25, 0.3) is 10.9 Å². The van der Waals surface area contributed by atoms with E-state index in [9.17, 15) is 13.2 Å². The van der Waals surface area contributed by atoms with Gasteiger partial charge in [-0.25, -0.2) is 13.4 Å². The van der Waals surface area contributed by atoms with E-state index in [1.807, 2.05) is 0 Å². The fraction of sp³-hybridized carbons (Fsp3) is 0.0500. The van der Waals surface area contributed by atoms with Crippen molar-refractivity contribution < 1.29 is 13.2 Å². The Labute approximate surface area is 182 Å². The fourth-order valence-electron chi connectivity index (χ4n) is 2.98. The zero-order valence-corrected chi connectivity index (χ0v) is 17.8. The number of pyridine rings is 1. The fourth-order valence-corrected chi connectivity index (χ4v) is 4.40. The maximum absolute atomic E-state index is 13.2. The molecular formula is C20H14Cl2N4O3S. The molecule has 0 amide bonds. The lowest BCUT2D eigenvalue weighted by molar-refractivity contribution is 0.103. The maximum atomic E-state index is 13.2. The largest absolute Gasteiger partial charge is 0.287 e. The molecule has 4 aromatic rings. The molecule has 2 N–H and O–H groups in total. The van der Waals surface area contributed by atoms with E-state index in [-0.39, 0.29) is 21.3 Å². The monoisotopic (exact) mass is 460 g/mol. The standard InChI is InChI=1S/C20H14Cl2N4O3S/c1-11-7-13(5-6-16(11)22)30(28,29)26-18-8-12(21)9-23-19(18)20(27)14-3-2-4-17-15(14)10-24-25-17/h2-10,26H,1H3,(H,24,25). The van der Waals surface area contributed by atoms with Gasteiger partial charge < -0.3 is 0 Å². The summed E-state index contributed by atoms with van der Waals surface area (Å²) in [5, 5.41) is 7.97. The van der Waals surface area contributed by atoms with Crippen molar-refractivity contribution in [2.24, 2.45) is 0 Å². The highest BCUT2D eigenvalue weighted by atomic mass is 35.5. The normalized spacial score (nSPS) is 11.6. The van der Waals surface area contributed by atoms with Crippen molar-refractivity contribution in [3.05, 3.63) is 81.7 Å². The molecule has 0 fully saturated rings. The predicted molar refractivity (Wildman–Crippen MR) is 116 cm³/mol. The van der Waals surface area contributed by atoms with Crippen molar-refractivity contribution in [1.82, 2.24) is 15.2 Å². The first-order valence-electron chi connectivity index (χ1n) is 8.67. The minimum atomic E-state index is -4.02. The van der Waals surface area contributed by atoms with Crippen LogP contribution in [-0.2, 0) is 10.0 Å². The number of anilines is 1. The minimum absolute atomic E-state index is 0.000268. The highest BCUT2D eigenvalue weighted by molar-refractivity contribution is 7.92. The average Bonchev–Trinajstić information content (AvgIpc) is 3.18. The van der Waals surface area contributed by atoms with Crippen LogP contribution < -0.4 is 4.72 Å². The first-order valence-corrected chi connectivity index (χ1v) is 10.9. The van der Waals surface area contributed by atoms with E-state index in [1.54, 1.807) is 25.1 Å². The van der Waals surface area contributed by atoms with Crippen LogP contribution in [0.1, 0.15) is 21.6 Å². The first kappa shape index (κ1) is 20.3. The number of H-pyrrole nitrogens is 1. The number of sulfonamides is 1. The van der Waals surface area contributed by atoms with Crippen LogP contribution in [0.15, 0.2) is 59.8 Å². The molecule has 0 unspecified atom stereocenters. The Kier molecular flexibility index (Phi) is 5.23. The van der Waals surface area contributed by atoms with Crippen LogP contribution in [0.4, 0.5) is 5.69 Å². The van der Waals surface area contributed by atoms with E-state index in [4.69, 9.17) is 23.2 Å². The van der Waals surface area contributed by atoms with Gasteiger partial charge in [0.15, 0.2) is 0 Å². The number of ketones is 1. The Morgan fingerprint density at radius 3 is 2.67 bits per heavy atom. The van der Waals surface area contributed by atoms with Crippen molar-refractivity contribution in [1.29, 1.82) is 0 Å². The first-order chi connectivity index (χ1) is 14.3. The molecule has 0 aliphatic rings. The molecule has 0 spiro atoms. The summed E-state index contributed by atoms with van der Waals surface area (Å²) in [6.45, 7) is 1.70. The quantitative estimate of drug-likeness (QED) is 0.423. The number of rotatable bonds is 5. The number of halogens is 2. The van der Waals surface area contributed by atoms with Crippen LogP contribution in [0.3, 0.4) is 0 Å². The molecular weight excluding hydrogens is 447 g/mol. The number of hydrogen-bond donors (Lipinski definition) is 2. The third kappa shape index (κ3) is 3.77. The molecule has 0 aliphatic heterocycles. The number of hydrogen-bond acceptors (Lipinski definition) is 5. The number of aromatic amines is 1. The van der Waals surface area contributed by atoms with Crippen LogP contribution >= 0.6 is 23.2 Å². The van der Waals surface area contributed by atoms with E-state index in [1.165, 1.54) is 36.7 Å². The molecule has 2 aromatic carbocycles. The van der Waals surface area contributed by atoms with Crippen molar-refractivity contribution in [3.63, 3.8) is 0 Å². The number of aryl methyl sites for hydroxylation is 1. The van der Waals surface area contributed by atoms with Crippen molar-refractivity contribution in [2.45, 2.75) is 11.8 Å². The van der Waals surface area contributed by atoms with Gasteiger partial charge in [-0.15, -0.1) is 0 Å². The zero-order valence-electron chi connectivity index (χ0n) is 15.5. The summed E-state index contributed by atoms with van der Waals surface area (Å²) in [5.74, 6) is -0.469. The Balaban J connectivity index is 1.78.